The standard InChI is InChI=1S/C21H24N4O/c1-15(2)18-6-4-5-7-19(18)24-21-22-13-12-20(25-21)23-14-16-8-10-17(26-3)11-9-16/h4-13,15H,14H2,1-3H3,(H2,22,23,24,25). The van der Waals surface area contributed by atoms with Gasteiger partial charge in [-0.1, -0.05) is 44.2 Å². The van der Waals surface area contributed by atoms with Crippen molar-refractivity contribution in [2.24, 2.45) is 0 Å². The second kappa shape index (κ2) is 8.34. The minimum atomic E-state index is 0.426. The van der Waals surface area contributed by atoms with Crippen LogP contribution in [0.3, 0.4) is 0 Å². The molecule has 1 aromatic heterocycles. The minimum absolute atomic E-state index is 0.426. The average Bonchev–Trinajstić information content (AvgIpc) is 2.67. The van der Waals surface area contributed by atoms with E-state index in [0.717, 1.165) is 22.8 Å². The highest BCUT2D eigenvalue weighted by molar-refractivity contribution is 5.60. The number of nitrogens with zero attached hydrogens (tertiary/aromatic N) is 2. The maximum Gasteiger partial charge on any atom is 0.229 e. The van der Waals surface area contributed by atoms with Crippen LogP contribution in [0.1, 0.15) is 30.9 Å². The first kappa shape index (κ1) is 17.7. The number of hydrogen-bond acceptors (Lipinski definition) is 5. The number of anilines is 3. The van der Waals surface area contributed by atoms with Gasteiger partial charge >= 0.3 is 0 Å². The predicted octanol–water partition coefficient (Wildman–Crippen LogP) is 4.96. The smallest absolute Gasteiger partial charge is 0.229 e. The highest BCUT2D eigenvalue weighted by atomic mass is 16.5. The first-order chi connectivity index (χ1) is 12.7. The number of ether oxygens (including phenoxy) is 1. The Bertz CT molecular complexity index is 847. The van der Waals surface area contributed by atoms with Gasteiger partial charge in [-0.15, -0.1) is 0 Å². The molecule has 3 aromatic rings. The lowest BCUT2D eigenvalue weighted by atomic mass is 10.0. The summed E-state index contributed by atoms with van der Waals surface area (Å²) >= 11 is 0. The van der Waals surface area contributed by atoms with Crippen LogP contribution in [0, 0.1) is 0 Å². The van der Waals surface area contributed by atoms with E-state index in [0.29, 0.717) is 18.4 Å². The third-order valence-corrected chi connectivity index (χ3v) is 4.12. The van der Waals surface area contributed by atoms with Gasteiger partial charge in [0, 0.05) is 18.4 Å². The van der Waals surface area contributed by atoms with Crippen LogP contribution in [0.15, 0.2) is 60.8 Å². The molecule has 0 saturated carbocycles. The van der Waals surface area contributed by atoms with Crippen molar-refractivity contribution in [3.8, 4) is 5.75 Å². The molecule has 1 heterocycles. The topological polar surface area (TPSA) is 59.1 Å². The first-order valence-electron chi connectivity index (χ1n) is 8.71. The van der Waals surface area contributed by atoms with Gasteiger partial charge in [0.25, 0.3) is 0 Å². The highest BCUT2D eigenvalue weighted by Gasteiger charge is 2.07. The number of para-hydroxylation sites is 1. The van der Waals surface area contributed by atoms with Crippen molar-refractivity contribution < 1.29 is 4.74 Å². The van der Waals surface area contributed by atoms with E-state index in [9.17, 15) is 0 Å². The molecule has 134 valence electrons. The zero-order chi connectivity index (χ0) is 18.4. The summed E-state index contributed by atoms with van der Waals surface area (Å²) in [6, 6.07) is 18.1. The van der Waals surface area contributed by atoms with Crippen LogP contribution >= 0.6 is 0 Å². The molecule has 0 aliphatic rings. The lowest BCUT2D eigenvalue weighted by Crippen LogP contribution is -2.05. The average molecular weight is 348 g/mol. The van der Waals surface area contributed by atoms with Gasteiger partial charge in [0.1, 0.15) is 11.6 Å². The monoisotopic (exact) mass is 348 g/mol. The molecule has 0 fully saturated rings. The Hall–Kier alpha value is -3.08. The molecule has 0 aliphatic carbocycles. The summed E-state index contributed by atoms with van der Waals surface area (Å²) in [4.78, 5) is 8.89. The molecule has 0 amide bonds. The molecule has 0 unspecified atom stereocenters. The van der Waals surface area contributed by atoms with E-state index < -0.39 is 0 Å². The number of benzene rings is 2. The Morgan fingerprint density at radius 1 is 1.00 bits per heavy atom. The number of nitrogens with one attached hydrogen (secondary N) is 2. The molecular formula is C21H24N4O. The summed E-state index contributed by atoms with van der Waals surface area (Å²) in [5, 5.41) is 6.66. The van der Waals surface area contributed by atoms with Gasteiger partial charge in [0.05, 0.1) is 7.11 Å². The SMILES string of the molecule is COc1ccc(CNc2ccnc(Nc3ccccc3C(C)C)n2)cc1. The second-order valence-electron chi connectivity index (χ2n) is 6.33. The van der Waals surface area contributed by atoms with Crippen LogP contribution in [0.5, 0.6) is 5.75 Å². The molecule has 2 aromatic carbocycles. The normalized spacial score (nSPS) is 10.6. The molecule has 0 spiro atoms. The highest BCUT2D eigenvalue weighted by Crippen LogP contribution is 2.25. The molecule has 26 heavy (non-hydrogen) atoms. The zero-order valence-electron chi connectivity index (χ0n) is 15.4. The van der Waals surface area contributed by atoms with E-state index in [2.05, 4.69) is 46.6 Å². The fourth-order valence-electron chi connectivity index (χ4n) is 2.69. The predicted molar refractivity (Wildman–Crippen MR) is 106 cm³/mol. The van der Waals surface area contributed by atoms with Crippen molar-refractivity contribution in [1.82, 2.24) is 9.97 Å². The Morgan fingerprint density at radius 3 is 2.50 bits per heavy atom. The zero-order valence-corrected chi connectivity index (χ0v) is 15.4. The molecule has 0 radical (unpaired) electrons. The second-order valence-corrected chi connectivity index (χ2v) is 6.33. The molecule has 3 rings (SSSR count). The minimum Gasteiger partial charge on any atom is -0.497 e. The molecule has 0 saturated heterocycles. The van der Waals surface area contributed by atoms with Crippen molar-refractivity contribution in [3.05, 3.63) is 71.9 Å². The maximum atomic E-state index is 5.18. The summed E-state index contributed by atoms with van der Waals surface area (Å²) in [5.74, 6) is 2.64. The third-order valence-electron chi connectivity index (χ3n) is 4.12. The van der Waals surface area contributed by atoms with Crippen molar-refractivity contribution in [1.29, 1.82) is 0 Å². The summed E-state index contributed by atoms with van der Waals surface area (Å²) in [7, 11) is 1.67. The summed E-state index contributed by atoms with van der Waals surface area (Å²) < 4.78 is 5.18. The van der Waals surface area contributed by atoms with Gasteiger partial charge in [-0.05, 0) is 41.3 Å². The lowest BCUT2D eigenvalue weighted by Gasteiger charge is -2.14. The van der Waals surface area contributed by atoms with Crippen LogP contribution in [-0.2, 0) is 6.54 Å². The quantitative estimate of drug-likeness (QED) is 0.632. The van der Waals surface area contributed by atoms with E-state index in [1.54, 1.807) is 13.3 Å². The largest absolute Gasteiger partial charge is 0.497 e. The van der Waals surface area contributed by atoms with E-state index in [-0.39, 0.29) is 0 Å². The number of methoxy groups -OCH3 is 1. The van der Waals surface area contributed by atoms with E-state index in [4.69, 9.17) is 4.74 Å². The summed E-state index contributed by atoms with van der Waals surface area (Å²) in [5.41, 5.74) is 3.44. The van der Waals surface area contributed by atoms with Gasteiger partial charge in [-0.2, -0.15) is 4.98 Å². The van der Waals surface area contributed by atoms with Gasteiger partial charge < -0.3 is 15.4 Å². The van der Waals surface area contributed by atoms with Gasteiger partial charge in [0.2, 0.25) is 5.95 Å². The molecule has 5 nitrogen and oxygen atoms in total. The van der Waals surface area contributed by atoms with Crippen molar-refractivity contribution in [2.45, 2.75) is 26.3 Å². The molecule has 0 bridgehead atoms. The molecule has 0 atom stereocenters. The van der Waals surface area contributed by atoms with Crippen LogP contribution in [0.2, 0.25) is 0 Å². The molecule has 2 N–H and O–H groups in total. The molecular weight excluding hydrogens is 324 g/mol. The van der Waals surface area contributed by atoms with Crippen molar-refractivity contribution >= 4 is 17.5 Å². The van der Waals surface area contributed by atoms with Gasteiger partial charge in [0.15, 0.2) is 0 Å². The Morgan fingerprint density at radius 2 is 1.77 bits per heavy atom. The Labute approximate surface area is 154 Å². The van der Waals surface area contributed by atoms with Crippen LogP contribution in [-0.4, -0.2) is 17.1 Å². The van der Waals surface area contributed by atoms with Crippen LogP contribution in [0.25, 0.3) is 0 Å². The van der Waals surface area contributed by atoms with Gasteiger partial charge in [-0.25, -0.2) is 4.98 Å². The van der Waals surface area contributed by atoms with Crippen molar-refractivity contribution in [2.75, 3.05) is 17.7 Å². The molecule has 5 heteroatoms. The fraction of sp³-hybridized carbons (Fsp3) is 0.238. The maximum absolute atomic E-state index is 5.18. The van der Waals surface area contributed by atoms with E-state index in [1.165, 1.54) is 5.56 Å². The Balaban J connectivity index is 1.68. The summed E-state index contributed by atoms with van der Waals surface area (Å²) in [6.07, 6.45) is 1.75. The molecule has 0 aliphatic heterocycles. The van der Waals surface area contributed by atoms with Crippen LogP contribution in [0.4, 0.5) is 17.5 Å². The van der Waals surface area contributed by atoms with E-state index in [1.807, 2.05) is 42.5 Å². The lowest BCUT2D eigenvalue weighted by molar-refractivity contribution is 0.414. The van der Waals surface area contributed by atoms with Crippen LogP contribution < -0.4 is 15.4 Å². The Kier molecular flexibility index (Phi) is 5.69. The number of hydrogen-bond donors (Lipinski definition) is 2. The summed E-state index contributed by atoms with van der Waals surface area (Å²) in [6.45, 7) is 5.03. The number of aromatic nitrogens is 2. The third kappa shape index (κ3) is 4.51. The van der Waals surface area contributed by atoms with Crippen molar-refractivity contribution in [3.63, 3.8) is 0 Å². The number of rotatable bonds is 7. The van der Waals surface area contributed by atoms with E-state index >= 15 is 0 Å². The first-order valence-corrected chi connectivity index (χ1v) is 8.71. The fourth-order valence-corrected chi connectivity index (χ4v) is 2.69. The van der Waals surface area contributed by atoms with Gasteiger partial charge in [-0.3, -0.25) is 0 Å².